The van der Waals surface area contributed by atoms with Crippen molar-refractivity contribution >= 4 is 27.3 Å². The van der Waals surface area contributed by atoms with E-state index in [4.69, 9.17) is 0 Å². The molecule has 164 valence electrons. The Morgan fingerprint density at radius 2 is 1.61 bits per heavy atom. The Balaban J connectivity index is 1.35. The molecule has 1 N–H and O–H groups in total. The summed E-state index contributed by atoms with van der Waals surface area (Å²) in [6, 6.07) is 23.0. The van der Waals surface area contributed by atoms with Crippen LogP contribution in [0.5, 0.6) is 0 Å². The van der Waals surface area contributed by atoms with Gasteiger partial charge in [0, 0.05) is 17.7 Å². The maximum absolute atomic E-state index is 13.3. The average molecular weight is 457 g/mol. The predicted molar refractivity (Wildman–Crippen MR) is 127 cm³/mol. The summed E-state index contributed by atoms with van der Waals surface area (Å²) >= 11 is 0. The number of sulfonamides is 1. The monoisotopic (exact) mass is 456 g/mol. The number of carbonyl (C=O) groups excluding carboxylic acids is 1. The number of nitrogens with one attached hydrogen (secondary N) is 1. The van der Waals surface area contributed by atoms with Crippen molar-refractivity contribution in [3.05, 3.63) is 102 Å². The number of hydrogen-bond donors (Lipinski definition) is 1. The summed E-state index contributed by atoms with van der Waals surface area (Å²) in [6.07, 6.45) is 3.71. The van der Waals surface area contributed by atoms with Crippen LogP contribution in [0.2, 0.25) is 0 Å². The first-order valence-corrected chi connectivity index (χ1v) is 11.9. The second-order valence-corrected chi connectivity index (χ2v) is 9.46. The third-order valence-corrected chi connectivity index (χ3v) is 7.28. The first kappa shape index (κ1) is 20.8. The molecule has 1 aliphatic heterocycles. The molecule has 0 radical (unpaired) electrons. The highest BCUT2D eigenvalue weighted by molar-refractivity contribution is 7.92. The lowest BCUT2D eigenvalue weighted by Crippen LogP contribution is -2.29. The van der Waals surface area contributed by atoms with Gasteiger partial charge in [-0.05, 0) is 36.2 Å². The second-order valence-electron chi connectivity index (χ2n) is 7.60. The van der Waals surface area contributed by atoms with Gasteiger partial charge in [0.05, 0.1) is 28.7 Å². The first-order chi connectivity index (χ1) is 16.0. The molecule has 1 aliphatic rings. The molecular weight excluding hydrogens is 436 g/mol. The molecule has 8 heteroatoms. The van der Waals surface area contributed by atoms with E-state index >= 15 is 0 Å². The van der Waals surface area contributed by atoms with Crippen molar-refractivity contribution in [3.8, 4) is 11.4 Å². The third-order valence-electron chi connectivity index (χ3n) is 5.47. The molecule has 0 fully saturated rings. The number of carbonyl (C=O) groups is 1. The Labute approximate surface area is 191 Å². The zero-order valence-corrected chi connectivity index (χ0v) is 18.4. The molecule has 0 aliphatic carbocycles. The lowest BCUT2D eigenvalue weighted by Gasteiger charge is -2.20. The van der Waals surface area contributed by atoms with Crippen molar-refractivity contribution in [2.24, 2.45) is 0 Å². The SMILES string of the molecule is O=C(Nc1cnc(-c2ccccc2)nc1)c1cccc(S(=O)(=O)N2CCc3ccccc32)c1. The molecular formula is C25H20N4O3S. The van der Waals surface area contributed by atoms with Gasteiger partial charge in [-0.15, -0.1) is 0 Å². The van der Waals surface area contributed by atoms with E-state index in [1.165, 1.54) is 28.8 Å². The normalized spacial score (nSPS) is 12.9. The Hall–Kier alpha value is -4.04. The standard InChI is InChI=1S/C25H20N4O3S/c30-25(28-21-16-26-24(27-17-21)19-8-2-1-3-9-19)20-10-6-11-22(15-20)33(31,32)29-14-13-18-7-4-5-12-23(18)29/h1-12,15-17H,13-14H2,(H,28,30). The van der Waals surface area contributed by atoms with Crippen LogP contribution >= 0.6 is 0 Å². The minimum atomic E-state index is -3.79. The number of rotatable bonds is 5. The zero-order valence-electron chi connectivity index (χ0n) is 17.5. The van der Waals surface area contributed by atoms with Gasteiger partial charge in [0.1, 0.15) is 0 Å². The van der Waals surface area contributed by atoms with Crippen LogP contribution < -0.4 is 9.62 Å². The van der Waals surface area contributed by atoms with Gasteiger partial charge >= 0.3 is 0 Å². The minimum Gasteiger partial charge on any atom is -0.319 e. The highest BCUT2D eigenvalue weighted by atomic mass is 32.2. The fourth-order valence-electron chi connectivity index (χ4n) is 3.81. The zero-order chi connectivity index (χ0) is 22.8. The summed E-state index contributed by atoms with van der Waals surface area (Å²) in [7, 11) is -3.79. The number of anilines is 2. The molecule has 3 aromatic carbocycles. The molecule has 5 rings (SSSR count). The number of benzene rings is 3. The molecule has 7 nitrogen and oxygen atoms in total. The van der Waals surface area contributed by atoms with E-state index in [0.717, 1.165) is 11.1 Å². The minimum absolute atomic E-state index is 0.0718. The summed E-state index contributed by atoms with van der Waals surface area (Å²) < 4.78 is 28.0. The molecule has 0 spiro atoms. The van der Waals surface area contributed by atoms with Crippen LogP contribution in [0.3, 0.4) is 0 Å². The fraction of sp³-hybridized carbons (Fsp3) is 0.0800. The highest BCUT2D eigenvalue weighted by Gasteiger charge is 2.30. The van der Waals surface area contributed by atoms with Crippen LogP contribution in [0, 0.1) is 0 Å². The number of nitrogens with zero attached hydrogens (tertiary/aromatic N) is 3. The molecule has 2 heterocycles. The maximum Gasteiger partial charge on any atom is 0.264 e. The van der Waals surface area contributed by atoms with Gasteiger partial charge in [0.25, 0.3) is 15.9 Å². The van der Waals surface area contributed by atoms with Gasteiger partial charge in [0.2, 0.25) is 0 Å². The molecule has 33 heavy (non-hydrogen) atoms. The Morgan fingerprint density at radius 3 is 2.39 bits per heavy atom. The molecule has 1 amide bonds. The summed E-state index contributed by atoms with van der Waals surface area (Å²) in [5, 5.41) is 2.73. The van der Waals surface area contributed by atoms with Crippen molar-refractivity contribution in [1.82, 2.24) is 9.97 Å². The molecule has 0 bridgehead atoms. The van der Waals surface area contributed by atoms with E-state index < -0.39 is 15.9 Å². The lowest BCUT2D eigenvalue weighted by atomic mass is 10.2. The van der Waals surface area contributed by atoms with Crippen LogP contribution in [0.15, 0.2) is 96.2 Å². The Morgan fingerprint density at radius 1 is 0.879 bits per heavy atom. The molecule has 0 saturated heterocycles. The van der Waals surface area contributed by atoms with E-state index in [9.17, 15) is 13.2 Å². The van der Waals surface area contributed by atoms with E-state index in [1.807, 2.05) is 48.5 Å². The van der Waals surface area contributed by atoms with E-state index in [-0.39, 0.29) is 10.5 Å². The van der Waals surface area contributed by atoms with Gasteiger partial charge in [0.15, 0.2) is 5.82 Å². The summed E-state index contributed by atoms with van der Waals surface area (Å²) in [5.74, 6) is 0.109. The van der Waals surface area contributed by atoms with Crippen LogP contribution in [0.4, 0.5) is 11.4 Å². The van der Waals surface area contributed by atoms with Crippen molar-refractivity contribution < 1.29 is 13.2 Å². The van der Waals surface area contributed by atoms with Crippen LogP contribution in [-0.4, -0.2) is 30.8 Å². The number of hydrogen-bond acceptors (Lipinski definition) is 5. The van der Waals surface area contributed by atoms with Crippen molar-refractivity contribution in [3.63, 3.8) is 0 Å². The maximum atomic E-state index is 13.3. The van der Waals surface area contributed by atoms with Crippen molar-refractivity contribution in [1.29, 1.82) is 0 Å². The smallest absolute Gasteiger partial charge is 0.264 e. The van der Waals surface area contributed by atoms with Gasteiger partial charge in [-0.25, -0.2) is 18.4 Å². The number of amides is 1. The van der Waals surface area contributed by atoms with E-state index in [0.29, 0.717) is 30.2 Å². The number of fused-ring (bicyclic) bond motifs is 1. The van der Waals surface area contributed by atoms with Crippen LogP contribution in [0.25, 0.3) is 11.4 Å². The largest absolute Gasteiger partial charge is 0.319 e. The molecule has 0 atom stereocenters. The number of aromatic nitrogens is 2. The molecule has 0 saturated carbocycles. The van der Waals surface area contributed by atoms with Gasteiger partial charge < -0.3 is 5.32 Å². The van der Waals surface area contributed by atoms with E-state index in [2.05, 4.69) is 15.3 Å². The van der Waals surface area contributed by atoms with E-state index in [1.54, 1.807) is 18.2 Å². The quantitative estimate of drug-likeness (QED) is 0.487. The molecule has 0 unspecified atom stereocenters. The molecule has 1 aromatic heterocycles. The summed E-state index contributed by atoms with van der Waals surface area (Å²) in [6.45, 7) is 0.378. The lowest BCUT2D eigenvalue weighted by molar-refractivity contribution is 0.102. The van der Waals surface area contributed by atoms with Crippen molar-refractivity contribution in [2.75, 3.05) is 16.2 Å². The van der Waals surface area contributed by atoms with Gasteiger partial charge in [-0.2, -0.15) is 0 Å². The Bertz CT molecular complexity index is 1420. The Kier molecular flexibility index (Phi) is 5.35. The van der Waals surface area contributed by atoms with Crippen LogP contribution in [0.1, 0.15) is 15.9 Å². The van der Waals surface area contributed by atoms with Crippen molar-refractivity contribution in [2.45, 2.75) is 11.3 Å². The predicted octanol–water partition coefficient (Wildman–Crippen LogP) is 4.15. The third kappa shape index (κ3) is 4.08. The van der Waals surface area contributed by atoms with Gasteiger partial charge in [-0.3, -0.25) is 9.10 Å². The molecule has 4 aromatic rings. The topological polar surface area (TPSA) is 92.3 Å². The summed E-state index contributed by atoms with van der Waals surface area (Å²) in [5.41, 5.74) is 3.20. The highest BCUT2D eigenvalue weighted by Crippen LogP contribution is 2.32. The fourth-order valence-corrected chi connectivity index (χ4v) is 5.36. The first-order valence-electron chi connectivity index (χ1n) is 10.4. The summed E-state index contributed by atoms with van der Waals surface area (Å²) in [4.78, 5) is 21.5. The number of para-hydroxylation sites is 1. The van der Waals surface area contributed by atoms with Gasteiger partial charge in [-0.1, -0.05) is 54.6 Å². The second kappa shape index (κ2) is 8.48. The van der Waals surface area contributed by atoms with Crippen LogP contribution in [-0.2, 0) is 16.4 Å². The average Bonchev–Trinajstić information content (AvgIpc) is 3.30.